The third-order valence-corrected chi connectivity index (χ3v) is 2.58. The Balaban J connectivity index is 2.49. The van der Waals surface area contributed by atoms with Crippen molar-refractivity contribution in [1.82, 2.24) is 15.1 Å². The number of aromatic nitrogens is 2. The molecule has 102 valence electrons. The van der Waals surface area contributed by atoms with Crippen LogP contribution in [0.15, 0.2) is 12.4 Å². The highest BCUT2D eigenvalue weighted by atomic mass is 16.5. The van der Waals surface area contributed by atoms with Gasteiger partial charge < -0.3 is 10.1 Å². The highest BCUT2D eigenvalue weighted by Gasteiger charge is 2.16. The second kappa shape index (κ2) is 6.00. The number of carbonyl (C=O) groups excluding carboxylic acids is 1. The van der Waals surface area contributed by atoms with Gasteiger partial charge >= 0.3 is 5.97 Å². The van der Waals surface area contributed by atoms with Crippen LogP contribution in [0.1, 0.15) is 40.2 Å². The summed E-state index contributed by atoms with van der Waals surface area (Å²) in [5, 5.41) is 7.43. The fourth-order valence-electron chi connectivity index (χ4n) is 1.44. The van der Waals surface area contributed by atoms with Gasteiger partial charge in [0.05, 0.1) is 18.3 Å². The maximum absolute atomic E-state index is 11.4. The fraction of sp³-hybridized carbons (Fsp3) is 0.692. The van der Waals surface area contributed by atoms with Gasteiger partial charge in [0.1, 0.15) is 6.04 Å². The van der Waals surface area contributed by atoms with Gasteiger partial charge in [-0.25, -0.2) is 0 Å². The van der Waals surface area contributed by atoms with Gasteiger partial charge in [0, 0.05) is 18.3 Å². The Morgan fingerprint density at radius 2 is 2.22 bits per heavy atom. The molecule has 1 N–H and O–H groups in total. The average Bonchev–Trinajstić information content (AvgIpc) is 2.74. The maximum Gasteiger partial charge on any atom is 0.322 e. The van der Waals surface area contributed by atoms with Crippen LogP contribution in [-0.4, -0.2) is 28.4 Å². The van der Waals surface area contributed by atoms with Crippen molar-refractivity contribution in [2.75, 3.05) is 6.61 Å². The molecule has 18 heavy (non-hydrogen) atoms. The molecule has 0 saturated heterocycles. The Bertz CT molecular complexity index is 393. The van der Waals surface area contributed by atoms with Crippen LogP contribution < -0.4 is 5.32 Å². The molecule has 0 saturated carbocycles. The Morgan fingerprint density at radius 3 is 2.72 bits per heavy atom. The lowest BCUT2D eigenvalue weighted by molar-refractivity contribution is -0.145. The second-order valence-corrected chi connectivity index (χ2v) is 5.32. The van der Waals surface area contributed by atoms with Crippen molar-refractivity contribution in [1.29, 1.82) is 0 Å². The molecular weight excluding hydrogens is 230 g/mol. The van der Waals surface area contributed by atoms with Crippen LogP contribution in [0.2, 0.25) is 0 Å². The summed E-state index contributed by atoms with van der Waals surface area (Å²) in [5.41, 5.74) is 1.03. The van der Waals surface area contributed by atoms with E-state index in [0.29, 0.717) is 13.2 Å². The third-order valence-electron chi connectivity index (χ3n) is 2.58. The minimum absolute atomic E-state index is 0.0228. The first kappa shape index (κ1) is 14.7. The van der Waals surface area contributed by atoms with E-state index >= 15 is 0 Å². The van der Waals surface area contributed by atoms with Crippen LogP contribution in [-0.2, 0) is 21.6 Å². The summed E-state index contributed by atoms with van der Waals surface area (Å²) < 4.78 is 6.84. The monoisotopic (exact) mass is 253 g/mol. The molecule has 0 aromatic carbocycles. The lowest BCUT2D eigenvalue weighted by Crippen LogP contribution is -2.34. The number of hydrogen-bond donors (Lipinski definition) is 1. The SMILES string of the molecule is CCOC(=O)C(C)NCc1cnn(C(C)(C)C)c1. The number of carbonyl (C=O) groups is 1. The minimum atomic E-state index is -0.303. The number of nitrogens with zero attached hydrogens (tertiary/aromatic N) is 2. The first-order valence-corrected chi connectivity index (χ1v) is 6.28. The third kappa shape index (κ3) is 4.14. The molecule has 1 atom stereocenters. The molecule has 0 aliphatic rings. The van der Waals surface area contributed by atoms with E-state index in [2.05, 4.69) is 31.2 Å². The quantitative estimate of drug-likeness (QED) is 0.811. The second-order valence-electron chi connectivity index (χ2n) is 5.32. The van der Waals surface area contributed by atoms with Crippen molar-refractivity contribution in [2.45, 2.75) is 52.7 Å². The summed E-state index contributed by atoms with van der Waals surface area (Å²) in [6.07, 6.45) is 3.81. The summed E-state index contributed by atoms with van der Waals surface area (Å²) in [5.74, 6) is -0.222. The average molecular weight is 253 g/mol. The van der Waals surface area contributed by atoms with Crippen molar-refractivity contribution in [3.8, 4) is 0 Å². The van der Waals surface area contributed by atoms with Crippen molar-refractivity contribution in [3.05, 3.63) is 18.0 Å². The van der Waals surface area contributed by atoms with Crippen molar-refractivity contribution in [3.63, 3.8) is 0 Å². The zero-order valence-corrected chi connectivity index (χ0v) is 11.9. The summed E-state index contributed by atoms with van der Waals surface area (Å²) in [6.45, 7) is 10.9. The Labute approximate surface area is 109 Å². The normalized spacial score (nSPS) is 13.4. The van der Waals surface area contributed by atoms with Gasteiger partial charge in [-0.1, -0.05) is 0 Å². The topological polar surface area (TPSA) is 56.1 Å². The zero-order chi connectivity index (χ0) is 13.8. The lowest BCUT2D eigenvalue weighted by atomic mass is 10.1. The van der Waals surface area contributed by atoms with E-state index in [9.17, 15) is 4.79 Å². The number of hydrogen-bond acceptors (Lipinski definition) is 4. The van der Waals surface area contributed by atoms with E-state index in [1.165, 1.54) is 0 Å². The zero-order valence-electron chi connectivity index (χ0n) is 11.9. The molecule has 0 radical (unpaired) electrons. The van der Waals surface area contributed by atoms with Gasteiger partial charge in [-0.05, 0) is 34.6 Å². The number of nitrogens with one attached hydrogen (secondary N) is 1. The lowest BCUT2D eigenvalue weighted by Gasteiger charge is -2.18. The summed E-state index contributed by atoms with van der Waals surface area (Å²) in [6, 6.07) is -0.303. The molecule has 1 heterocycles. The summed E-state index contributed by atoms with van der Waals surface area (Å²) in [7, 11) is 0. The van der Waals surface area contributed by atoms with Gasteiger partial charge in [0.2, 0.25) is 0 Å². The van der Waals surface area contributed by atoms with Gasteiger partial charge in [0.25, 0.3) is 0 Å². The fourth-order valence-corrected chi connectivity index (χ4v) is 1.44. The standard InChI is InChI=1S/C13H23N3O2/c1-6-18-12(17)10(2)14-7-11-8-15-16(9-11)13(3,4)5/h8-10,14H,6-7H2,1-5H3. The molecule has 0 aliphatic carbocycles. The van der Waals surface area contributed by atoms with E-state index in [1.54, 1.807) is 13.8 Å². The summed E-state index contributed by atoms with van der Waals surface area (Å²) >= 11 is 0. The van der Waals surface area contributed by atoms with Crippen LogP contribution >= 0.6 is 0 Å². The van der Waals surface area contributed by atoms with Crippen molar-refractivity contribution >= 4 is 5.97 Å². The first-order valence-electron chi connectivity index (χ1n) is 6.28. The Morgan fingerprint density at radius 1 is 1.56 bits per heavy atom. The minimum Gasteiger partial charge on any atom is -0.465 e. The highest BCUT2D eigenvalue weighted by Crippen LogP contribution is 2.13. The van der Waals surface area contributed by atoms with E-state index in [1.807, 2.05) is 17.1 Å². The Kier molecular flexibility index (Phi) is 4.90. The molecule has 0 fully saturated rings. The van der Waals surface area contributed by atoms with Crippen molar-refractivity contribution < 1.29 is 9.53 Å². The summed E-state index contributed by atoms with van der Waals surface area (Å²) in [4.78, 5) is 11.4. The van der Waals surface area contributed by atoms with Crippen LogP contribution in [0.3, 0.4) is 0 Å². The van der Waals surface area contributed by atoms with E-state index in [-0.39, 0.29) is 17.6 Å². The number of ether oxygens (including phenoxy) is 1. The van der Waals surface area contributed by atoms with Gasteiger partial charge in [-0.15, -0.1) is 0 Å². The predicted octanol–water partition coefficient (Wildman–Crippen LogP) is 1.68. The van der Waals surface area contributed by atoms with E-state index in [0.717, 1.165) is 5.56 Å². The van der Waals surface area contributed by atoms with Crippen LogP contribution in [0.4, 0.5) is 0 Å². The molecule has 0 aliphatic heterocycles. The smallest absolute Gasteiger partial charge is 0.322 e. The molecule has 0 bridgehead atoms. The molecule has 1 aromatic heterocycles. The number of esters is 1. The molecule has 0 spiro atoms. The highest BCUT2D eigenvalue weighted by molar-refractivity contribution is 5.75. The first-order chi connectivity index (χ1) is 8.34. The van der Waals surface area contributed by atoms with Gasteiger partial charge in [0.15, 0.2) is 0 Å². The van der Waals surface area contributed by atoms with Crippen molar-refractivity contribution in [2.24, 2.45) is 0 Å². The Hall–Kier alpha value is -1.36. The van der Waals surface area contributed by atoms with Gasteiger partial charge in [-0.3, -0.25) is 9.48 Å². The molecule has 1 aromatic rings. The van der Waals surface area contributed by atoms with Crippen LogP contribution in [0, 0.1) is 0 Å². The molecular formula is C13H23N3O2. The largest absolute Gasteiger partial charge is 0.465 e. The predicted molar refractivity (Wildman–Crippen MR) is 70.2 cm³/mol. The van der Waals surface area contributed by atoms with Crippen LogP contribution in [0.5, 0.6) is 0 Å². The number of rotatable bonds is 5. The van der Waals surface area contributed by atoms with E-state index in [4.69, 9.17) is 4.74 Å². The molecule has 5 nitrogen and oxygen atoms in total. The molecule has 5 heteroatoms. The maximum atomic E-state index is 11.4. The molecule has 1 unspecified atom stereocenters. The molecule has 0 amide bonds. The van der Waals surface area contributed by atoms with Gasteiger partial charge in [-0.2, -0.15) is 5.10 Å². The van der Waals surface area contributed by atoms with E-state index < -0.39 is 0 Å². The van der Waals surface area contributed by atoms with Crippen LogP contribution in [0.25, 0.3) is 0 Å². The molecule has 1 rings (SSSR count).